The molecule has 90 valence electrons. The molecule has 0 bridgehead atoms. The van der Waals surface area contributed by atoms with Crippen LogP contribution < -0.4 is 10.2 Å². The first-order valence-corrected chi connectivity index (χ1v) is 5.51. The smallest absolute Gasteiger partial charge is 0.332 e. The first-order chi connectivity index (χ1) is 8.13. The predicted molar refractivity (Wildman–Crippen MR) is 65.1 cm³/mol. The van der Waals surface area contributed by atoms with Gasteiger partial charge in [0.15, 0.2) is 0 Å². The van der Waals surface area contributed by atoms with Crippen LogP contribution in [0.15, 0.2) is 24.3 Å². The number of carbonyl (C=O) groups excluding carboxylic acids is 2. The summed E-state index contributed by atoms with van der Waals surface area (Å²) in [4.78, 5) is 26.3. The molecule has 1 aliphatic rings. The van der Waals surface area contributed by atoms with E-state index in [4.69, 9.17) is 0 Å². The van der Waals surface area contributed by atoms with E-state index < -0.39 is 0 Å². The van der Waals surface area contributed by atoms with Gasteiger partial charge in [0.05, 0.1) is 6.54 Å². The minimum Gasteiger partial charge on any atom is -0.341 e. The van der Waals surface area contributed by atoms with Crippen molar-refractivity contribution in [1.82, 2.24) is 10.2 Å². The van der Waals surface area contributed by atoms with Crippen molar-refractivity contribution in [2.45, 2.75) is 6.92 Å². The van der Waals surface area contributed by atoms with Gasteiger partial charge in [-0.25, -0.2) is 14.5 Å². The molecule has 5 heteroatoms. The highest BCUT2D eigenvalue weighted by Crippen LogP contribution is 2.21. The average Bonchev–Trinajstić information content (AvgIpc) is 2.70. The molecule has 0 unspecified atom stereocenters. The standard InChI is InChI=1S/C12H15N3O2/c1-9-4-3-5-10(8-9)14-6-7-15(12(14)17)11(16)13-2/h3-5,8H,6-7H2,1-2H3,(H,13,16). The van der Waals surface area contributed by atoms with Crippen LogP contribution in [0, 0.1) is 6.92 Å². The third kappa shape index (κ3) is 2.08. The van der Waals surface area contributed by atoms with Crippen molar-refractivity contribution >= 4 is 17.7 Å². The number of aryl methyl sites for hydroxylation is 1. The monoisotopic (exact) mass is 233 g/mol. The molecule has 0 saturated carbocycles. The summed E-state index contributed by atoms with van der Waals surface area (Å²) < 4.78 is 0. The summed E-state index contributed by atoms with van der Waals surface area (Å²) in [5.74, 6) is 0. The van der Waals surface area contributed by atoms with Gasteiger partial charge in [0, 0.05) is 19.3 Å². The Morgan fingerprint density at radius 1 is 1.35 bits per heavy atom. The molecular weight excluding hydrogens is 218 g/mol. The maximum Gasteiger partial charge on any atom is 0.332 e. The van der Waals surface area contributed by atoms with Gasteiger partial charge in [-0.2, -0.15) is 0 Å². The second-order valence-corrected chi connectivity index (χ2v) is 3.98. The summed E-state index contributed by atoms with van der Waals surface area (Å²) in [7, 11) is 1.52. The van der Waals surface area contributed by atoms with Crippen LogP contribution in [0.2, 0.25) is 0 Å². The molecule has 1 N–H and O–H groups in total. The number of urea groups is 2. The van der Waals surface area contributed by atoms with E-state index in [1.807, 2.05) is 31.2 Å². The lowest BCUT2D eigenvalue weighted by atomic mass is 10.2. The van der Waals surface area contributed by atoms with Crippen LogP contribution in [0.1, 0.15) is 5.56 Å². The SMILES string of the molecule is CNC(=O)N1CCN(c2cccc(C)c2)C1=O. The van der Waals surface area contributed by atoms with Crippen molar-refractivity contribution in [3.05, 3.63) is 29.8 Å². The Bertz CT molecular complexity index is 459. The van der Waals surface area contributed by atoms with Gasteiger partial charge < -0.3 is 5.32 Å². The highest BCUT2D eigenvalue weighted by molar-refractivity contribution is 6.04. The lowest BCUT2D eigenvalue weighted by Crippen LogP contribution is -2.41. The highest BCUT2D eigenvalue weighted by atomic mass is 16.2. The Hall–Kier alpha value is -2.04. The summed E-state index contributed by atoms with van der Waals surface area (Å²) in [5.41, 5.74) is 1.93. The fourth-order valence-electron chi connectivity index (χ4n) is 1.90. The van der Waals surface area contributed by atoms with Crippen LogP contribution in [0.25, 0.3) is 0 Å². The number of hydrogen-bond donors (Lipinski definition) is 1. The number of hydrogen-bond acceptors (Lipinski definition) is 2. The van der Waals surface area contributed by atoms with E-state index in [9.17, 15) is 9.59 Å². The number of anilines is 1. The van der Waals surface area contributed by atoms with E-state index in [1.165, 1.54) is 11.9 Å². The normalized spacial score (nSPS) is 15.3. The molecule has 0 aliphatic carbocycles. The third-order valence-corrected chi connectivity index (χ3v) is 2.78. The topological polar surface area (TPSA) is 52.7 Å². The van der Waals surface area contributed by atoms with E-state index in [0.717, 1.165) is 11.3 Å². The molecule has 1 aromatic rings. The Balaban J connectivity index is 2.20. The summed E-state index contributed by atoms with van der Waals surface area (Å²) >= 11 is 0. The van der Waals surface area contributed by atoms with Crippen LogP contribution in [0.3, 0.4) is 0 Å². The van der Waals surface area contributed by atoms with Crippen molar-refractivity contribution in [2.24, 2.45) is 0 Å². The Labute approximate surface area is 100 Å². The zero-order chi connectivity index (χ0) is 12.4. The lowest BCUT2D eigenvalue weighted by Gasteiger charge is -2.17. The second kappa shape index (κ2) is 4.45. The third-order valence-electron chi connectivity index (χ3n) is 2.78. The zero-order valence-electron chi connectivity index (χ0n) is 9.93. The van der Waals surface area contributed by atoms with Gasteiger partial charge >= 0.3 is 12.1 Å². The Morgan fingerprint density at radius 3 is 2.76 bits per heavy atom. The molecule has 1 aliphatic heterocycles. The molecule has 17 heavy (non-hydrogen) atoms. The fraction of sp³-hybridized carbons (Fsp3) is 0.333. The van der Waals surface area contributed by atoms with E-state index in [0.29, 0.717) is 13.1 Å². The maximum absolute atomic E-state index is 12.0. The minimum absolute atomic E-state index is 0.269. The number of rotatable bonds is 1. The van der Waals surface area contributed by atoms with Gasteiger partial charge in [-0.1, -0.05) is 12.1 Å². The number of nitrogens with zero attached hydrogens (tertiary/aromatic N) is 2. The molecule has 0 atom stereocenters. The van der Waals surface area contributed by atoms with Crippen LogP contribution in [0.5, 0.6) is 0 Å². The van der Waals surface area contributed by atoms with Crippen LogP contribution in [-0.4, -0.2) is 37.1 Å². The van der Waals surface area contributed by atoms with Crippen molar-refractivity contribution in [2.75, 3.05) is 25.0 Å². The summed E-state index contributed by atoms with van der Waals surface area (Å²) in [6, 6.07) is 7.06. The average molecular weight is 233 g/mol. The van der Waals surface area contributed by atoms with Crippen LogP contribution in [-0.2, 0) is 0 Å². The first-order valence-electron chi connectivity index (χ1n) is 5.51. The van der Waals surface area contributed by atoms with Gasteiger partial charge in [-0.05, 0) is 24.6 Å². The fourth-order valence-corrected chi connectivity index (χ4v) is 1.90. The van der Waals surface area contributed by atoms with Crippen molar-refractivity contribution in [3.63, 3.8) is 0 Å². The molecule has 1 saturated heterocycles. The second-order valence-electron chi connectivity index (χ2n) is 3.98. The van der Waals surface area contributed by atoms with E-state index in [-0.39, 0.29) is 12.1 Å². The van der Waals surface area contributed by atoms with Gasteiger partial charge in [0.1, 0.15) is 0 Å². The molecular formula is C12H15N3O2. The van der Waals surface area contributed by atoms with Crippen molar-refractivity contribution in [3.8, 4) is 0 Å². The van der Waals surface area contributed by atoms with E-state index >= 15 is 0 Å². The molecule has 1 aromatic carbocycles. The highest BCUT2D eigenvalue weighted by Gasteiger charge is 2.33. The lowest BCUT2D eigenvalue weighted by molar-refractivity contribution is 0.202. The Morgan fingerprint density at radius 2 is 2.12 bits per heavy atom. The first kappa shape index (κ1) is 11.4. The van der Waals surface area contributed by atoms with Gasteiger partial charge in [0.25, 0.3) is 0 Å². The minimum atomic E-state index is -0.356. The number of amides is 4. The van der Waals surface area contributed by atoms with Gasteiger partial charge in [0.2, 0.25) is 0 Å². The van der Waals surface area contributed by atoms with Gasteiger partial charge in [-0.3, -0.25) is 4.90 Å². The van der Waals surface area contributed by atoms with E-state index in [2.05, 4.69) is 5.32 Å². The number of imide groups is 1. The molecule has 0 radical (unpaired) electrons. The van der Waals surface area contributed by atoms with Crippen LogP contribution >= 0.6 is 0 Å². The summed E-state index contributed by atoms with van der Waals surface area (Å²) in [5, 5.41) is 2.46. The molecule has 4 amide bonds. The number of benzene rings is 1. The molecule has 1 fully saturated rings. The van der Waals surface area contributed by atoms with Gasteiger partial charge in [-0.15, -0.1) is 0 Å². The summed E-state index contributed by atoms with van der Waals surface area (Å²) in [6.45, 7) is 2.93. The number of nitrogens with one attached hydrogen (secondary N) is 1. The molecule has 5 nitrogen and oxygen atoms in total. The molecule has 2 rings (SSSR count). The molecule has 1 heterocycles. The summed E-state index contributed by atoms with van der Waals surface area (Å²) in [6.07, 6.45) is 0. The number of carbonyl (C=O) groups is 2. The van der Waals surface area contributed by atoms with E-state index in [1.54, 1.807) is 4.90 Å². The molecule has 0 aromatic heterocycles. The largest absolute Gasteiger partial charge is 0.341 e. The molecule has 0 spiro atoms. The zero-order valence-corrected chi connectivity index (χ0v) is 9.93. The Kier molecular flexibility index (Phi) is 2.99. The van der Waals surface area contributed by atoms with Crippen molar-refractivity contribution in [1.29, 1.82) is 0 Å². The predicted octanol–water partition coefficient (Wildman–Crippen LogP) is 1.58. The van der Waals surface area contributed by atoms with Crippen LogP contribution in [0.4, 0.5) is 15.3 Å². The quantitative estimate of drug-likeness (QED) is 0.800. The maximum atomic E-state index is 12.0. The van der Waals surface area contributed by atoms with Crippen molar-refractivity contribution < 1.29 is 9.59 Å².